The van der Waals surface area contributed by atoms with Gasteiger partial charge < -0.3 is 10.2 Å². The van der Waals surface area contributed by atoms with Crippen molar-refractivity contribution in [1.82, 2.24) is 15.1 Å². The number of piperazine rings is 1. The minimum atomic E-state index is -0.194. The van der Waals surface area contributed by atoms with Crippen molar-refractivity contribution >= 4 is 5.91 Å². The lowest BCUT2D eigenvalue weighted by Gasteiger charge is -2.39. The number of nitriles is 1. The molecule has 5 rings (SSSR count). The van der Waals surface area contributed by atoms with E-state index in [2.05, 4.69) is 89.9 Å². The van der Waals surface area contributed by atoms with Crippen molar-refractivity contribution in [2.24, 2.45) is 0 Å². The van der Waals surface area contributed by atoms with Crippen molar-refractivity contribution in [3.05, 3.63) is 118 Å². The molecule has 3 aromatic rings. The van der Waals surface area contributed by atoms with E-state index in [0.29, 0.717) is 13.1 Å². The number of amides is 1. The Hall–Kier alpha value is -3.88. The predicted molar refractivity (Wildman–Crippen MR) is 156 cm³/mol. The number of rotatable bonds is 8. The number of nitrogens with one attached hydrogen (secondary N) is 1. The number of hydrogen-bond acceptors (Lipinski definition) is 4. The molecule has 200 valence electrons. The van der Waals surface area contributed by atoms with E-state index in [9.17, 15) is 10.1 Å². The van der Waals surface area contributed by atoms with E-state index in [1.165, 1.54) is 40.7 Å². The Bertz CT molecular complexity index is 1280. The highest BCUT2D eigenvalue weighted by Crippen LogP contribution is 2.30. The van der Waals surface area contributed by atoms with E-state index in [1.807, 2.05) is 17.0 Å². The molecule has 1 atom stereocenters. The van der Waals surface area contributed by atoms with Gasteiger partial charge in [-0.15, -0.1) is 0 Å². The van der Waals surface area contributed by atoms with Gasteiger partial charge in [0.1, 0.15) is 11.6 Å². The molecule has 1 N–H and O–H groups in total. The van der Waals surface area contributed by atoms with Crippen molar-refractivity contribution in [2.45, 2.75) is 51.1 Å². The highest BCUT2D eigenvalue weighted by atomic mass is 16.2. The summed E-state index contributed by atoms with van der Waals surface area (Å²) in [5, 5.41) is 13.3. The lowest BCUT2D eigenvalue weighted by atomic mass is 9.89. The van der Waals surface area contributed by atoms with Crippen LogP contribution in [0.5, 0.6) is 0 Å². The van der Waals surface area contributed by atoms with Crippen molar-refractivity contribution in [3.8, 4) is 6.07 Å². The van der Waals surface area contributed by atoms with Gasteiger partial charge in [0.25, 0.3) is 5.91 Å². The summed E-state index contributed by atoms with van der Waals surface area (Å²) in [7, 11) is 0. The summed E-state index contributed by atoms with van der Waals surface area (Å²) in [5.74, 6) is -0.194. The minimum absolute atomic E-state index is 0.0720. The average molecular weight is 519 g/mol. The van der Waals surface area contributed by atoms with Gasteiger partial charge in [0.05, 0.1) is 12.1 Å². The fourth-order valence-corrected chi connectivity index (χ4v) is 5.98. The van der Waals surface area contributed by atoms with Crippen LogP contribution in [-0.2, 0) is 17.6 Å². The maximum absolute atomic E-state index is 13.4. The number of nitrogens with zero attached hydrogens (tertiary/aromatic N) is 3. The van der Waals surface area contributed by atoms with E-state index < -0.39 is 0 Å². The molecule has 0 spiro atoms. The highest BCUT2D eigenvalue weighted by Gasteiger charge is 2.29. The topological polar surface area (TPSA) is 59.4 Å². The Kier molecular flexibility index (Phi) is 8.75. The molecule has 1 saturated heterocycles. The molecule has 0 radical (unpaired) electrons. The fourth-order valence-electron chi connectivity index (χ4n) is 5.98. The van der Waals surface area contributed by atoms with Crippen LogP contribution < -0.4 is 5.32 Å². The van der Waals surface area contributed by atoms with Crippen LogP contribution in [0.25, 0.3) is 0 Å². The number of fused-ring (bicyclic) bond motifs is 1. The first kappa shape index (κ1) is 26.7. The largest absolute Gasteiger partial charge is 0.383 e. The Morgan fingerprint density at radius 1 is 0.872 bits per heavy atom. The second-order valence-electron chi connectivity index (χ2n) is 10.6. The molecule has 1 aliphatic heterocycles. The molecule has 39 heavy (non-hydrogen) atoms. The molecule has 5 heteroatoms. The molecule has 5 nitrogen and oxygen atoms in total. The molecule has 1 amide bonds. The lowest BCUT2D eigenvalue weighted by molar-refractivity contribution is -0.128. The lowest BCUT2D eigenvalue weighted by Crippen LogP contribution is -2.50. The van der Waals surface area contributed by atoms with Crippen LogP contribution in [0.4, 0.5) is 0 Å². The van der Waals surface area contributed by atoms with Crippen LogP contribution in [0.1, 0.15) is 66.1 Å². The molecule has 0 bridgehead atoms. The fraction of sp³-hybridized carbons (Fsp3) is 0.353. The predicted octanol–water partition coefficient (Wildman–Crippen LogP) is 5.95. The SMILES string of the molecule is CCC(N/C=C(/C#N)C(=O)N1CCN(C(c2ccccc2)c2ccccc2)CC1)c1ccc2c(c1)CCCC2. The molecule has 2 aliphatic rings. The third-order valence-electron chi connectivity index (χ3n) is 8.16. The highest BCUT2D eigenvalue weighted by molar-refractivity contribution is 5.97. The number of hydrogen-bond donors (Lipinski definition) is 1. The van der Waals surface area contributed by atoms with E-state index >= 15 is 0 Å². The molecular weight excluding hydrogens is 480 g/mol. The van der Waals surface area contributed by atoms with Gasteiger partial charge in [0, 0.05) is 32.4 Å². The Balaban J connectivity index is 1.25. The van der Waals surface area contributed by atoms with Gasteiger partial charge in [-0.05, 0) is 59.9 Å². The zero-order valence-corrected chi connectivity index (χ0v) is 22.9. The van der Waals surface area contributed by atoms with Gasteiger partial charge in [-0.1, -0.05) is 85.8 Å². The maximum Gasteiger partial charge on any atom is 0.266 e. The van der Waals surface area contributed by atoms with Crippen LogP contribution in [0.2, 0.25) is 0 Å². The molecule has 0 aromatic heterocycles. The number of carbonyl (C=O) groups excluding carboxylic acids is 1. The van der Waals surface area contributed by atoms with Crippen molar-refractivity contribution in [3.63, 3.8) is 0 Å². The second kappa shape index (κ2) is 12.8. The summed E-state index contributed by atoms with van der Waals surface area (Å²) >= 11 is 0. The summed E-state index contributed by atoms with van der Waals surface area (Å²) < 4.78 is 0. The first-order valence-electron chi connectivity index (χ1n) is 14.3. The van der Waals surface area contributed by atoms with Gasteiger partial charge in [-0.25, -0.2) is 0 Å². The quantitative estimate of drug-likeness (QED) is 0.296. The van der Waals surface area contributed by atoms with Crippen LogP contribution in [0.3, 0.4) is 0 Å². The van der Waals surface area contributed by atoms with E-state index in [4.69, 9.17) is 0 Å². The molecule has 1 unspecified atom stereocenters. The molecule has 1 fully saturated rings. The molecule has 0 saturated carbocycles. The standard InChI is InChI=1S/C34H38N4O/c1-2-32(30-18-17-26-11-9-10-16-29(26)23-30)36-25-31(24-35)34(39)38-21-19-37(20-22-38)33(27-12-5-3-6-13-27)28-14-7-4-8-15-28/h3-8,12-15,17-18,23,25,32-33,36H,2,9-11,16,19-22H2,1H3/b31-25-. The van der Waals surface area contributed by atoms with Crippen molar-refractivity contribution < 1.29 is 4.79 Å². The summed E-state index contributed by atoms with van der Waals surface area (Å²) in [6, 6.07) is 30.2. The summed E-state index contributed by atoms with van der Waals surface area (Å²) in [5.41, 5.74) is 6.80. The third kappa shape index (κ3) is 6.24. The van der Waals surface area contributed by atoms with Gasteiger partial charge in [-0.2, -0.15) is 5.26 Å². The van der Waals surface area contributed by atoms with E-state index in [-0.39, 0.29) is 23.6 Å². The zero-order valence-electron chi connectivity index (χ0n) is 22.9. The summed E-state index contributed by atoms with van der Waals surface area (Å²) in [6.07, 6.45) is 7.33. The van der Waals surface area contributed by atoms with Gasteiger partial charge in [0.15, 0.2) is 0 Å². The van der Waals surface area contributed by atoms with Crippen LogP contribution in [-0.4, -0.2) is 41.9 Å². The van der Waals surface area contributed by atoms with Gasteiger partial charge in [0.2, 0.25) is 0 Å². The summed E-state index contributed by atoms with van der Waals surface area (Å²) in [4.78, 5) is 17.6. The average Bonchev–Trinajstić information content (AvgIpc) is 3.00. The Labute approximate surface area is 232 Å². The normalized spacial score (nSPS) is 16.8. The molecule has 3 aromatic carbocycles. The van der Waals surface area contributed by atoms with Crippen LogP contribution in [0, 0.1) is 11.3 Å². The smallest absolute Gasteiger partial charge is 0.266 e. The third-order valence-corrected chi connectivity index (χ3v) is 8.16. The van der Waals surface area contributed by atoms with E-state index in [1.54, 1.807) is 6.20 Å². The molecule has 1 heterocycles. The minimum Gasteiger partial charge on any atom is -0.383 e. The maximum atomic E-state index is 13.4. The van der Waals surface area contributed by atoms with Crippen LogP contribution >= 0.6 is 0 Å². The first-order valence-corrected chi connectivity index (χ1v) is 14.3. The van der Waals surface area contributed by atoms with Gasteiger partial charge in [-0.3, -0.25) is 9.69 Å². The molecular formula is C34H38N4O. The number of carbonyl (C=O) groups is 1. The summed E-state index contributed by atoms with van der Waals surface area (Å²) in [6.45, 7) is 4.82. The number of aryl methyl sites for hydroxylation is 2. The molecule has 1 aliphatic carbocycles. The first-order chi connectivity index (χ1) is 19.2. The van der Waals surface area contributed by atoms with Crippen LogP contribution in [0.15, 0.2) is 90.6 Å². The van der Waals surface area contributed by atoms with Crippen molar-refractivity contribution in [2.75, 3.05) is 26.2 Å². The second-order valence-corrected chi connectivity index (χ2v) is 10.6. The zero-order chi connectivity index (χ0) is 27.0. The van der Waals surface area contributed by atoms with Gasteiger partial charge >= 0.3 is 0 Å². The number of benzene rings is 3. The Morgan fingerprint density at radius 2 is 1.49 bits per heavy atom. The van der Waals surface area contributed by atoms with E-state index in [0.717, 1.165) is 32.4 Å². The van der Waals surface area contributed by atoms with Crippen molar-refractivity contribution in [1.29, 1.82) is 5.26 Å². The Morgan fingerprint density at radius 3 is 2.08 bits per heavy atom. The monoisotopic (exact) mass is 518 g/mol.